The number of nitrogen functional groups attached to an aromatic ring is 1. The molecule has 0 radical (unpaired) electrons. The Labute approximate surface area is 124 Å². The third-order valence-electron chi connectivity index (χ3n) is 3.13. The molecule has 106 valence electrons. The largest absolute Gasteiger partial charge is 0.487 e. The monoisotopic (exact) mass is 290 g/mol. The van der Waals surface area contributed by atoms with Gasteiger partial charge in [-0.3, -0.25) is 4.98 Å². The molecule has 0 fully saturated rings. The first-order chi connectivity index (χ1) is 9.47. The highest BCUT2D eigenvalue weighted by Gasteiger charge is 2.10. The van der Waals surface area contributed by atoms with Crippen LogP contribution in [0.25, 0.3) is 0 Å². The smallest absolute Gasteiger partial charge is 0.130 e. The zero-order valence-corrected chi connectivity index (χ0v) is 12.7. The van der Waals surface area contributed by atoms with Crippen LogP contribution in [0.1, 0.15) is 36.6 Å². The molecule has 0 aliphatic heterocycles. The van der Waals surface area contributed by atoms with Crippen molar-refractivity contribution in [2.45, 2.75) is 33.3 Å². The SMILES string of the molecule is Cc1cc(Cl)c(C(C)C)cc1OCc1cc(N)ccn1. The van der Waals surface area contributed by atoms with Crippen molar-refractivity contribution in [1.82, 2.24) is 4.98 Å². The first kappa shape index (κ1) is 14.7. The maximum absolute atomic E-state index is 6.25. The van der Waals surface area contributed by atoms with Crippen LogP contribution in [-0.4, -0.2) is 4.98 Å². The van der Waals surface area contributed by atoms with Crippen LogP contribution in [0.15, 0.2) is 30.5 Å². The molecule has 0 aliphatic carbocycles. The number of halogens is 1. The molecule has 0 saturated carbocycles. The average Bonchev–Trinajstić information content (AvgIpc) is 2.37. The quantitative estimate of drug-likeness (QED) is 0.912. The molecular formula is C16H19ClN2O. The summed E-state index contributed by atoms with van der Waals surface area (Å²) in [5.41, 5.74) is 9.34. The molecule has 0 amide bonds. The molecule has 0 atom stereocenters. The molecule has 2 rings (SSSR count). The van der Waals surface area contributed by atoms with Crippen LogP contribution in [0.4, 0.5) is 5.69 Å². The van der Waals surface area contributed by atoms with Crippen LogP contribution in [0, 0.1) is 6.92 Å². The fourth-order valence-electron chi connectivity index (χ4n) is 1.99. The number of rotatable bonds is 4. The van der Waals surface area contributed by atoms with Crippen molar-refractivity contribution >= 4 is 17.3 Å². The van der Waals surface area contributed by atoms with Gasteiger partial charge in [-0.1, -0.05) is 25.4 Å². The Morgan fingerprint density at radius 1 is 1.30 bits per heavy atom. The summed E-state index contributed by atoms with van der Waals surface area (Å²) in [7, 11) is 0. The second-order valence-electron chi connectivity index (χ2n) is 5.16. The van der Waals surface area contributed by atoms with Gasteiger partial charge in [0.05, 0.1) is 5.69 Å². The molecule has 3 nitrogen and oxygen atoms in total. The van der Waals surface area contributed by atoms with Gasteiger partial charge in [0.25, 0.3) is 0 Å². The van der Waals surface area contributed by atoms with E-state index in [0.717, 1.165) is 27.6 Å². The number of nitrogens with two attached hydrogens (primary N) is 1. The lowest BCUT2D eigenvalue weighted by Gasteiger charge is -2.14. The van der Waals surface area contributed by atoms with Gasteiger partial charge in [-0.2, -0.15) is 0 Å². The number of hydrogen-bond acceptors (Lipinski definition) is 3. The second-order valence-corrected chi connectivity index (χ2v) is 5.57. The Hall–Kier alpha value is -1.74. The molecule has 0 spiro atoms. The van der Waals surface area contributed by atoms with Gasteiger partial charge in [0, 0.05) is 16.9 Å². The molecule has 0 saturated heterocycles. The van der Waals surface area contributed by atoms with Crippen LogP contribution >= 0.6 is 11.6 Å². The van der Waals surface area contributed by atoms with E-state index in [1.807, 2.05) is 25.1 Å². The van der Waals surface area contributed by atoms with E-state index in [1.54, 1.807) is 12.3 Å². The van der Waals surface area contributed by atoms with E-state index in [0.29, 0.717) is 18.2 Å². The second kappa shape index (κ2) is 6.14. The summed E-state index contributed by atoms with van der Waals surface area (Å²) in [4.78, 5) is 4.23. The van der Waals surface area contributed by atoms with Crippen LogP contribution in [0.2, 0.25) is 5.02 Å². The van der Waals surface area contributed by atoms with E-state index in [4.69, 9.17) is 22.1 Å². The number of ether oxygens (including phenoxy) is 1. The molecule has 2 N–H and O–H groups in total. The summed E-state index contributed by atoms with van der Waals surface area (Å²) in [5.74, 6) is 1.19. The summed E-state index contributed by atoms with van der Waals surface area (Å²) >= 11 is 6.25. The highest BCUT2D eigenvalue weighted by Crippen LogP contribution is 2.31. The molecule has 0 bridgehead atoms. The van der Waals surface area contributed by atoms with E-state index in [-0.39, 0.29) is 0 Å². The Morgan fingerprint density at radius 2 is 2.05 bits per heavy atom. The van der Waals surface area contributed by atoms with Crippen LogP contribution in [-0.2, 0) is 6.61 Å². The molecule has 4 heteroatoms. The predicted molar refractivity (Wildman–Crippen MR) is 83.3 cm³/mol. The van der Waals surface area contributed by atoms with E-state index in [2.05, 4.69) is 18.8 Å². The number of anilines is 1. The van der Waals surface area contributed by atoms with Crippen molar-refractivity contribution in [2.75, 3.05) is 5.73 Å². The maximum Gasteiger partial charge on any atom is 0.130 e. The average molecular weight is 291 g/mol. The van der Waals surface area contributed by atoms with Gasteiger partial charge in [-0.05, 0) is 48.2 Å². The molecule has 0 aliphatic rings. The van der Waals surface area contributed by atoms with E-state index in [1.165, 1.54) is 0 Å². The number of hydrogen-bond donors (Lipinski definition) is 1. The molecule has 2 aromatic rings. The van der Waals surface area contributed by atoms with Gasteiger partial charge in [0.15, 0.2) is 0 Å². The van der Waals surface area contributed by atoms with E-state index >= 15 is 0 Å². The summed E-state index contributed by atoms with van der Waals surface area (Å²) in [6, 6.07) is 7.52. The van der Waals surface area contributed by atoms with Gasteiger partial charge in [0.2, 0.25) is 0 Å². The van der Waals surface area contributed by atoms with Crippen molar-refractivity contribution in [3.63, 3.8) is 0 Å². The number of benzene rings is 1. The topological polar surface area (TPSA) is 48.1 Å². The first-order valence-electron chi connectivity index (χ1n) is 6.60. The number of pyridine rings is 1. The Balaban J connectivity index is 2.19. The first-order valence-corrected chi connectivity index (χ1v) is 6.98. The molecule has 1 aromatic heterocycles. The maximum atomic E-state index is 6.25. The standard InChI is InChI=1S/C16H19ClN2O/c1-10(2)14-8-16(11(3)6-15(14)17)20-9-13-7-12(18)4-5-19-13/h4-8,10H,9H2,1-3H3,(H2,18,19). The van der Waals surface area contributed by atoms with Gasteiger partial charge >= 0.3 is 0 Å². The lowest BCUT2D eigenvalue weighted by Crippen LogP contribution is -2.01. The number of aromatic nitrogens is 1. The molecule has 0 unspecified atom stereocenters. The summed E-state index contributed by atoms with van der Waals surface area (Å²) < 4.78 is 5.85. The van der Waals surface area contributed by atoms with Crippen molar-refractivity contribution in [3.05, 3.63) is 52.3 Å². The highest BCUT2D eigenvalue weighted by molar-refractivity contribution is 6.31. The third kappa shape index (κ3) is 3.42. The Kier molecular flexibility index (Phi) is 4.50. The normalized spacial score (nSPS) is 10.8. The summed E-state index contributed by atoms with van der Waals surface area (Å²) in [6.45, 7) is 6.60. The predicted octanol–water partition coefficient (Wildman–Crippen LogP) is 4.33. The van der Waals surface area contributed by atoms with Gasteiger partial charge < -0.3 is 10.5 Å². The van der Waals surface area contributed by atoms with Gasteiger partial charge in [-0.25, -0.2) is 0 Å². The minimum Gasteiger partial charge on any atom is -0.487 e. The zero-order valence-electron chi connectivity index (χ0n) is 12.0. The van der Waals surface area contributed by atoms with Crippen molar-refractivity contribution in [2.24, 2.45) is 0 Å². The van der Waals surface area contributed by atoms with Crippen LogP contribution < -0.4 is 10.5 Å². The lowest BCUT2D eigenvalue weighted by atomic mass is 10.0. The third-order valence-corrected chi connectivity index (χ3v) is 3.46. The zero-order chi connectivity index (χ0) is 14.7. The number of aryl methyl sites for hydroxylation is 1. The van der Waals surface area contributed by atoms with Crippen molar-refractivity contribution in [3.8, 4) is 5.75 Å². The highest BCUT2D eigenvalue weighted by atomic mass is 35.5. The van der Waals surface area contributed by atoms with Crippen LogP contribution in [0.5, 0.6) is 5.75 Å². The number of nitrogens with zero attached hydrogens (tertiary/aromatic N) is 1. The minimum absolute atomic E-state index is 0.357. The van der Waals surface area contributed by atoms with E-state index in [9.17, 15) is 0 Å². The molecular weight excluding hydrogens is 272 g/mol. The summed E-state index contributed by atoms with van der Waals surface area (Å²) in [5, 5.41) is 0.784. The van der Waals surface area contributed by atoms with Crippen molar-refractivity contribution in [1.29, 1.82) is 0 Å². The fourth-order valence-corrected chi connectivity index (χ4v) is 2.43. The van der Waals surface area contributed by atoms with Crippen molar-refractivity contribution < 1.29 is 4.74 Å². The molecule has 1 heterocycles. The molecule has 1 aromatic carbocycles. The van der Waals surface area contributed by atoms with E-state index < -0.39 is 0 Å². The minimum atomic E-state index is 0.357. The summed E-state index contributed by atoms with van der Waals surface area (Å²) in [6.07, 6.45) is 1.68. The van der Waals surface area contributed by atoms with Crippen LogP contribution in [0.3, 0.4) is 0 Å². The van der Waals surface area contributed by atoms with Gasteiger partial charge in [-0.15, -0.1) is 0 Å². The Morgan fingerprint density at radius 3 is 2.70 bits per heavy atom. The Bertz CT molecular complexity index is 611. The molecule has 20 heavy (non-hydrogen) atoms. The fraction of sp³-hybridized carbons (Fsp3) is 0.312. The van der Waals surface area contributed by atoms with Gasteiger partial charge in [0.1, 0.15) is 12.4 Å². The lowest BCUT2D eigenvalue weighted by molar-refractivity contribution is 0.299.